The van der Waals surface area contributed by atoms with Gasteiger partial charge in [0, 0.05) is 6.54 Å². The van der Waals surface area contributed by atoms with Crippen molar-refractivity contribution >= 4 is 12.4 Å². The Hall–Kier alpha value is -0.970. The summed E-state index contributed by atoms with van der Waals surface area (Å²) < 4.78 is 11.4. The second-order valence-corrected chi connectivity index (χ2v) is 6.01. The molecule has 1 fully saturated rings. The Kier molecular flexibility index (Phi) is 10.1. The summed E-state index contributed by atoms with van der Waals surface area (Å²) in [4.78, 5) is 2.50. The van der Waals surface area contributed by atoms with E-state index in [0.29, 0.717) is 0 Å². The van der Waals surface area contributed by atoms with Gasteiger partial charge in [-0.2, -0.15) is 0 Å². The molecule has 1 N–H and O–H groups in total. The zero-order valence-corrected chi connectivity index (χ0v) is 15.2. The summed E-state index contributed by atoms with van der Waals surface area (Å²) in [5.74, 6) is 2.69. The topological polar surface area (TPSA) is 33.7 Å². The lowest BCUT2D eigenvalue weighted by atomic mass is 9.97. The molecule has 1 aliphatic rings. The average Bonchev–Trinajstić information content (AvgIpc) is 2.56. The molecule has 1 aromatic carbocycles. The number of hydrogen-bond donors (Lipinski definition) is 1. The molecule has 0 unspecified atom stereocenters. The molecule has 0 amide bonds. The summed E-state index contributed by atoms with van der Waals surface area (Å²) in [6, 6.07) is 7.94. The first kappa shape index (κ1) is 20.1. The molecule has 0 radical (unpaired) electrons. The average molecular weight is 343 g/mol. The number of rotatable bonds is 9. The minimum Gasteiger partial charge on any atom is -0.494 e. The predicted molar refractivity (Wildman–Crippen MR) is 98.1 cm³/mol. The number of likely N-dealkylation sites (tertiary alicyclic amines) is 1. The van der Waals surface area contributed by atoms with Gasteiger partial charge in [-0.25, -0.2) is 0 Å². The molecular formula is C18H31ClN2O2. The molecular weight excluding hydrogens is 312 g/mol. The van der Waals surface area contributed by atoms with Crippen LogP contribution in [0.4, 0.5) is 0 Å². The van der Waals surface area contributed by atoms with Gasteiger partial charge in [-0.05, 0) is 76.1 Å². The minimum atomic E-state index is 0. The van der Waals surface area contributed by atoms with Crippen LogP contribution in [0.25, 0.3) is 0 Å². The van der Waals surface area contributed by atoms with Gasteiger partial charge in [-0.3, -0.25) is 4.90 Å². The van der Waals surface area contributed by atoms with E-state index in [4.69, 9.17) is 9.47 Å². The van der Waals surface area contributed by atoms with Gasteiger partial charge in [-0.1, -0.05) is 6.92 Å². The minimum absolute atomic E-state index is 0. The zero-order valence-electron chi connectivity index (χ0n) is 14.4. The van der Waals surface area contributed by atoms with E-state index in [2.05, 4.69) is 17.1 Å². The lowest BCUT2D eigenvalue weighted by molar-refractivity contribution is 0.154. The van der Waals surface area contributed by atoms with E-state index in [9.17, 15) is 0 Å². The van der Waals surface area contributed by atoms with Gasteiger partial charge in [0.2, 0.25) is 0 Å². The van der Waals surface area contributed by atoms with Crippen molar-refractivity contribution in [2.45, 2.75) is 26.2 Å². The maximum absolute atomic E-state index is 5.83. The summed E-state index contributed by atoms with van der Waals surface area (Å²) in [5.41, 5.74) is 0. The van der Waals surface area contributed by atoms with E-state index in [1.54, 1.807) is 0 Å². The van der Waals surface area contributed by atoms with Gasteiger partial charge < -0.3 is 14.8 Å². The van der Waals surface area contributed by atoms with Crippen molar-refractivity contribution < 1.29 is 9.47 Å². The third-order valence-corrected chi connectivity index (χ3v) is 4.17. The number of ether oxygens (including phenoxy) is 2. The van der Waals surface area contributed by atoms with Crippen LogP contribution in [0.1, 0.15) is 26.2 Å². The Morgan fingerprint density at radius 2 is 1.61 bits per heavy atom. The lowest BCUT2D eigenvalue weighted by Crippen LogP contribution is -2.38. The van der Waals surface area contributed by atoms with Crippen LogP contribution in [0.2, 0.25) is 0 Å². The van der Waals surface area contributed by atoms with Crippen LogP contribution >= 0.6 is 12.4 Å². The van der Waals surface area contributed by atoms with E-state index < -0.39 is 0 Å². The van der Waals surface area contributed by atoms with Gasteiger partial charge in [0.25, 0.3) is 0 Å². The molecule has 0 atom stereocenters. The van der Waals surface area contributed by atoms with Crippen molar-refractivity contribution in [1.29, 1.82) is 0 Å². The standard InChI is InChI=1S/C18H30N2O2.ClH/c1-3-13-21-17-4-6-18(7-5-17)22-14-12-20-10-8-16(9-11-20)15-19-2;/h4-7,16,19H,3,8-15H2,1-2H3;1H. The summed E-state index contributed by atoms with van der Waals surface area (Å²) in [6.07, 6.45) is 3.62. The Balaban J connectivity index is 0.00000264. The van der Waals surface area contributed by atoms with Crippen molar-refractivity contribution in [3.63, 3.8) is 0 Å². The molecule has 2 rings (SSSR count). The van der Waals surface area contributed by atoms with Crippen LogP contribution in [0, 0.1) is 5.92 Å². The van der Waals surface area contributed by atoms with E-state index >= 15 is 0 Å². The number of benzene rings is 1. The fourth-order valence-corrected chi connectivity index (χ4v) is 2.85. The van der Waals surface area contributed by atoms with Crippen molar-refractivity contribution in [1.82, 2.24) is 10.2 Å². The van der Waals surface area contributed by atoms with E-state index in [1.807, 2.05) is 31.3 Å². The summed E-state index contributed by atoms with van der Waals surface area (Å²) in [6.45, 7) is 8.19. The van der Waals surface area contributed by atoms with Gasteiger partial charge >= 0.3 is 0 Å². The van der Waals surface area contributed by atoms with E-state index in [-0.39, 0.29) is 12.4 Å². The fourth-order valence-electron chi connectivity index (χ4n) is 2.85. The Morgan fingerprint density at radius 1 is 1.04 bits per heavy atom. The first-order chi connectivity index (χ1) is 10.8. The number of nitrogens with zero attached hydrogens (tertiary/aromatic N) is 1. The monoisotopic (exact) mass is 342 g/mol. The molecule has 1 aliphatic heterocycles. The van der Waals surface area contributed by atoms with Gasteiger partial charge in [0.05, 0.1) is 6.61 Å². The number of piperidine rings is 1. The van der Waals surface area contributed by atoms with Crippen molar-refractivity contribution in [3.8, 4) is 11.5 Å². The molecule has 0 spiro atoms. The van der Waals surface area contributed by atoms with Crippen LogP contribution in [0.5, 0.6) is 11.5 Å². The molecule has 0 bridgehead atoms. The second kappa shape index (κ2) is 11.5. The highest BCUT2D eigenvalue weighted by molar-refractivity contribution is 5.85. The van der Waals surface area contributed by atoms with Crippen molar-refractivity contribution in [2.24, 2.45) is 5.92 Å². The highest BCUT2D eigenvalue weighted by Crippen LogP contribution is 2.19. The van der Waals surface area contributed by atoms with Crippen LogP contribution in [0.15, 0.2) is 24.3 Å². The van der Waals surface area contributed by atoms with Gasteiger partial charge in [0.15, 0.2) is 0 Å². The number of hydrogen-bond acceptors (Lipinski definition) is 4. The first-order valence-corrected chi connectivity index (χ1v) is 8.54. The molecule has 1 aromatic rings. The van der Waals surface area contributed by atoms with Crippen molar-refractivity contribution in [2.75, 3.05) is 46.4 Å². The normalized spacial score (nSPS) is 15.9. The summed E-state index contributed by atoms with van der Waals surface area (Å²) in [7, 11) is 2.04. The summed E-state index contributed by atoms with van der Waals surface area (Å²) >= 11 is 0. The first-order valence-electron chi connectivity index (χ1n) is 8.54. The fraction of sp³-hybridized carbons (Fsp3) is 0.667. The number of halogens is 1. The molecule has 1 saturated heterocycles. The molecule has 0 aromatic heterocycles. The van der Waals surface area contributed by atoms with Gasteiger partial charge in [-0.15, -0.1) is 12.4 Å². The summed E-state index contributed by atoms with van der Waals surface area (Å²) in [5, 5.41) is 3.28. The Labute approximate surface area is 146 Å². The second-order valence-electron chi connectivity index (χ2n) is 6.01. The highest BCUT2D eigenvalue weighted by Gasteiger charge is 2.18. The molecule has 0 saturated carbocycles. The smallest absolute Gasteiger partial charge is 0.119 e. The molecule has 132 valence electrons. The SMILES string of the molecule is CCCOc1ccc(OCCN2CCC(CNC)CC2)cc1.Cl. The molecule has 23 heavy (non-hydrogen) atoms. The quantitative estimate of drug-likeness (QED) is 0.747. The maximum Gasteiger partial charge on any atom is 0.119 e. The Bertz CT molecular complexity index is 406. The molecule has 0 aliphatic carbocycles. The van der Waals surface area contributed by atoms with Gasteiger partial charge in [0.1, 0.15) is 18.1 Å². The van der Waals surface area contributed by atoms with Crippen LogP contribution in [-0.4, -0.2) is 51.3 Å². The zero-order chi connectivity index (χ0) is 15.6. The largest absolute Gasteiger partial charge is 0.494 e. The Morgan fingerprint density at radius 3 is 2.13 bits per heavy atom. The molecule has 4 nitrogen and oxygen atoms in total. The van der Waals surface area contributed by atoms with Crippen LogP contribution in [-0.2, 0) is 0 Å². The van der Waals surface area contributed by atoms with E-state index in [1.165, 1.54) is 25.9 Å². The number of nitrogens with one attached hydrogen (secondary N) is 1. The van der Waals surface area contributed by atoms with Crippen LogP contribution < -0.4 is 14.8 Å². The van der Waals surface area contributed by atoms with E-state index in [0.717, 1.165) is 50.1 Å². The lowest BCUT2D eigenvalue weighted by Gasteiger charge is -2.31. The third-order valence-electron chi connectivity index (χ3n) is 4.17. The highest BCUT2D eigenvalue weighted by atomic mass is 35.5. The predicted octanol–water partition coefficient (Wildman–Crippen LogP) is 3.21. The molecule has 5 heteroatoms. The van der Waals surface area contributed by atoms with Crippen molar-refractivity contribution in [3.05, 3.63) is 24.3 Å². The third kappa shape index (κ3) is 7.42. The van der Waals surface area contributed by atoms with Crippen LogP contribution in [0.3, 0.4) is 0 Å². The molecule has 1 heterocycles. The maximum atomic E-state index is 5.83.